The van der Waals surface area contributed by atoms with Gasteiger partial charge in [-0.3, -0.25) is 9.80 Å². The maximum atomic E-state index is 10.2. The van der Waals surface area contributed by atoms with Crippen molar-refractivity contribution < 1.29 is 10.2 Å². The molecule has 6 nitrogen and oxygen atoms in total. The van der Waals surface area contributed by atoms with Crippen molar-refractivity contribution in [3.8, 4) is 0 Å². The molecular weight excluding hydrogens is 316 g/mol. The van der Waals surface area contributed by atoms with Crippen LogP contribution in [0.15, 0.2) is 0 Å². The first-order valence-corrected chi connectivity index (χ1v) is 10.1. The summed E-state index contributed by atoms with van der Waals surface area (Å²) in [5.41, 5.74) is 0. The van der Waals surface area contributed by atoms with Gasteiger partial charge in [-0.2, -0.15) is 0 Å². The third-order valence-electron chi connectivity index (χ3n) is 5.50. The smallest absolute Gasteiger partial charge is 0.0832 e. The highest BCUT2D eigenvalue weighted by molar-refractivity contribution is 4.92. The molecule has 2 aliphatic heterocycles. The lowest BCUT2D eigenvalue weighted by molar-refractivity contribution is 0.141. The number of nitrogens with one attached hydrogen (secondary N) is 2. The minimum atomic E-state index is -0.263. The van der Waals surface area contributed by atoms with Crippen LogP contribution in [0.4, 0.5) is 0 Å². The first-order valence-electron chi connectivity index (χ1n) is 10.1. The molecule has 2 saturated heterocycles. The van der Waals surface area contributed by atoms with Crippen molar-refractivity contribution in [1.29, 1.82) is 0 Å². The molecule has 0 bridgehead atoms. The second-order valence-corrected chi connectivity index (χ2v) is 8.70. The molecule has 25 heavy (non-hydrogen) atoms. The molecule has 0 aromatic carbocycles. The van der Waals surface area contributed by atoms with Gasteiger partial charge in [-0.25, -0.2) is 0 Å². The van der Waals surface area contributed by atoms with Crippen molar-refractivity contribution in [3.05, 3.63) is 0 Å². The molecule has 0 radical (unpaired) electrons. The van der Waals surface area contributed by atoms with Gasteiger partial charge in [0, 0.05) is 56.4 Å². The Morgan fingerprint density at radius 2 is 1.40 bits per heavy atom. The summed E-state index contributed by atoms with van der Waals surface area (Å²) in [4.78, 5) is 4.78. The highest BCUT2D eigenvalue weighted by Crippen LogP contribution is 2.18. The van der Waals surface area contributed by atoms with Crippen LogP contribution in [0.5, 0.6) is 0 Å². The molecular formula is C19H40N4O2. The van der Waals surface area contributed by atoms with Crippen molar-refractivity contribution in [3.63, 3.8) is 0 Å². The fraction of sp³-hybridized carbons (Fsp3) is 1.00. The van der Waals surface area contributed by atoms with E-state index >= 15 is 0 Å². The van der Waals surface area contributed by atoms with Crippen molar-refractivity contribution in [2.24, 2.45) is 0 Å². The summed E-state index contributed by atoms with van der Waals surface area (Å²) in [6, 6.07) is 1.70. The highest BCUT2D eigenvalue weighted by atomic mass is 16.3. The standard InChI is InChI=1S/C19H40N4O2/c1-13(2)20-16-9-22(11-18(16)24)8-6-7-15(5)23-10-17(19(25)12-23)21-14(3)4/h13-21,24-25H,6-12H2,1-5H3/t15?,16-,17-,18-,19-/m1/s1. The van der Waals surface area contributed by atoms with E-state index in [2.05, 4.69) is 55.1 Å². The number of hydrogen-bond acceptors (Lipinski definition) is 6. The summed E-state index contributed by atoms with van der Waals surface area (Å²) in [6.07, 6.45) is 1.76. The lowest BCUT2D eigenvalue weighted by Gasteiger charge is -2.25. The van der Waals surface area contributed by atoms with E-state index in [9.17, 15) is 10.2 Å². The fourth-order valence-electron chi connectivity index (χ4n) is 4.20. The molecule has 0 aliphatic carbocycles. The van der Waals surface area contributed by atoms with Crippen molar-refractivity contribution in [2.75, 3.05) is 32.7 Å². The second-order valence-electron chi connectivity index (χ2n) is 8.70. The maximum absolute atomic E-state index is 10.2. The van der Waals surface area contributed by atoms with E-state index in [0.29, 0.717) is 18.1 Å². The van der Waals surface area contributed by atoms with E-state index in [0.717, 1.165) is 45.6 Å². The van der Waals surface area contributed by atoms with Crippen molar-refractivity contribution >= 4 is 0 Å². The Morgan fingerprint density at radius 3 is 2.00 bits per heavy atom. The minimum absolute atomic E-state index is 0.194. The van der Waals surface area contributed by atoms with Crippen LogP contribution in [0, 0.1) is 0 Å². The van der Waals surface area contributed by atoms with Gasteiger partial charge in [-0.05, 0) is 26.3 Å². The number of nitrogens with zero attached hydrogens (tertiary/aromatic N) is 2. The van der Waals surface area contributed by atoms with Gasteiger partial charge in [0.25, 0.3) is 0 Å². The Labute approximate surface area is 154 Å². The summed E-state index contributed by atoms with van der Waals surface area (Å²) < 4.78 is 0. The Kier molecular flexibility index (Phi) is 8.11. The molecule has 5 atom stereocenters. The third kappa shape index (κ3) is 6.45. The summed E-state index contributed by atoms with van der Waals surface area (Å²) in [5.74, 6) is 0. The fourth-order valence-corrected chi connectivity index (χ4v) is 4.20. The van der Waals surface area contributed by atoms with Crippen LogP contribution in [0.25, 0.3) is 0 Å². The Morgan fingerprint density at radius 1 is 0.840 bits per heavy atom. The molecule has 1 unspecified atom stereocenters. The second kappa shape index (κ2) is 9.62. The Bertz CT molecular complexity index is 394. The van der Waals surface area contributed by atoms with Crippen LogP contribution in [0.2, 0.25) is 0 Å². The van der Waals surface area contributed by atoms with Gasteiger partial charge in [0.15, 0.2) is 0 Å². The lowest BCUT2D eigenvalue weighted by atomic mass is 10.1. The first-order chi connectivity index (χ1) is 11.8. The predicted octanol–water partition coefficient (Wildman–Crippen LogP) is 0.241. The first kappa shape index (κ1) is 21.1. The number of aliphatic hydroxyl groups excluding tert-OH is 2. The van der Waals surface area contributed by atoms with E-state index in [4.69, 9.17) is 0 Å². The van der Waals surface area contributed by atoms with Crippen LogP contribution >= 0.6 is 0 Å². The molecule has 0 aromatic heterocycles. The highest BCUT2D eigenvalue weighted by Gasteiger charge is 2.34. The molecule has 2 fully saturated rings. The van der Waals surface area contributed by atoms with E-state index in [1.54, 1.807) is 0 Å². The van der Waals surface area contributed by atoms with Crippen LogP contribution in [-0.4, -0.2) is 95.2 Å². The molecule has 0 amide bonds. The Balaban J connectivity index is 1.67. The summed E-state index contributed by atoms with van der Waals surface area (Å²) >= 11 is 0. The van der Waals surface area contributed by atoms with E-state index in [1.807, 2.05) is 0 Å². The zero-order valence-corrected chi connectivity index (χ0v) is 16.8. The average Bonchev–Trinajstić information content (AvgIpc) is 3.02. The van der Waals surface area contributed by atoms with Gasteiger partial charge >= 0.3 is 0 Å². The van der Waals surface area contributed by atoms with Gasteiger partial charge in [-0.15, -0.1) is 0 Å². The molecule has 0 saturated carbocycles. The van der Waals surface area contributed by atoms with Crippen LogP contribution in [0.1, 0.15) is 47.5 Å². The summed E-state index contributed by atoms with van der Waals surface area (Å²) in [5, 5.41) is 27.3. The molecule has 0 spiro atoms. The van der Waals surface area contributed by atoms with Crippen LogP contribution in [0.3, 0.4) is 0 Å². The largest absolute Gasteiger partial charge is 0.390 e. The van der Waals surface area contributed by atoms with Crippen LogP contribution in [-0.2, 0) is 0 Å². The zero-order valence-electron chi connectivity index (χ0n) is 16.8. The predicted molar refractivity (Wildman–Crippen MR) is 103 cm³/mol. The quantitative estimate of drug-likeness (QED) is 0.475. The normalized spacial score (nSPS) is 33.0. The summed E-state index contributed by atoms with van der Waals surface area (Å²) in [6.45, 7) is 15.3. The molecule has 2 rings (SSSR count). The molecule has 2 heterocycles. The van der Waals surface area contributed by atoms with E-state index < -0.39 is 0 Å². The lowest BCUT2D eigenvalue weighted by Crippen LogP contribution is -2.43. The monoisotopic (exact) mass is 356 g/mol. The maximum Gasteiger partial charge on any atom is 0.0832 e. The molecule has 2 aliphatic rings. The molecule has 6 heteroatoms. The van der Waals surface area contributed by atoms with Gasteiger partial charge in [0.2, 0.25) is 0 Å². The van der Waals surface area contributed by atoms with Crippen molar-refractivity contribution in [1.82, 2.24) is 20.4 Å². The van der Waals surface area contributed by atoms with Gasteiger partial charge in [-0.1, -0.05) is 27.7 Å². The SMILES string of the molecule is CC(C)N[C@@H]1CN(CCCC(C)N2C[C@@H](O)[C@H](NC(C)C)C2)C[C@H]1O. The molecule has 4 N–H and O–H groups in total. The van der Waals surface area contributed by atoms with Gasteiger partial charge in [0.1, 0.15) is 0 Å². The van der Waals surface area contributed by atoms with Gasteiger partial charge < -0.3 is 20.8 Å². The zero-order chi connectivity index (χ0) is 18.6. The molecule has 0 aromatic rings. The number of β-amino-alcohol motifs (C(OH)–C–C–N with tert-alkyl or cyclic N) is 2. The minimum Gasteiger partial charge on any atom is -0.390 e. The average molecular weight is 357 g/mol. The number of aliphatic hydroxyl groups is 2. The number of rotatable bonds is 9. The Hall–Kier alpha value is -0.240. The topological polar surface area (TPSA) is 71.0 Å². The number of likely N-dealkylation sites (tertiary alicyclic amines) is 2. The van der Waals surface area contributed by atoms with E-state index in [-0.39, 0.29) is 24.3 Å². The molecule has 148 valence electrons. The summed E-state index contributed by atoms with van der Waals surface area (Å²) in [7, 11) is 0. The third-order valence-corrected chi connectivity index (χ3v) is 5.50. The van der Waals surface area contributed by atoms with Crippen molar-refractivity contribution in [2.45, 2.75) is 89.9 Å². The van der Waals surface area contributed by atoms with E-state index in [1.165, 1.54) is 0 Å². The van der Waals surface area contributed by atoms with Crippen LogP contribution < -0.4 is 10.6 Å². The number of hydrogen-bond donors (Lipinski definition) is 4. The van der Waals surface area contributed by atoms with Gasteiger partial charge in [0.05, 0.1) is 12.2 Å².